The second kappa shape index (κ2) is 10.2. The topological polar surface area (TPSA) is 95.6 Å². The van der Waals surface area contributed by atoms with E-state index in [2.05, 4.69) is 26.6 Å². The van der Waals surface area contributed by atoms with Crippen LogP contribution in [0.2, 0.25) is 0 Å². The molecule has 0 bridgehead atoms. The summed E-state index contributed by atoms with van der Waals surface area (Å²) in [7, 11) is 0. The van der Waals surface area contributed by atoms with E-state index in [4.69, 9.17) is 0 Å². The fraction of sp³-hybridized carbons (Fsp3) is 0.143. The van der Waals surface area contributed by atoms with Gasteiger partial charge in [-0.3, -0.25) is 24.1 Å². The summed E-state index contributed by atoms with van der Waals surface area (Å²) in [5, 5.41) is 4.73. The van der Waals surface area contributed by atoms with Crippen LogP contribution in [0.3, 0.4) is 0 Å². The molecule has 0 spiro atoms. The zero-order chi connectivity index (χ0) is 21.5. The minimum absolute atomic E-state index is 0.0544. The molecular weight excluding hydrogens is 470 g/mol. The van der Waals surface area contributed by atoms with Gasteiger partial charge in [0.25, 0.3) is 17.1 Å². The molecule has 0 unspecified atom stereocenters. The van der Waals surface area contributed by atoms with Crippen LogP contribution in [0.4, 0.5) is 4.79 Å². The summed E-state index contributed by atoms with van der Waals surface area (Å²) in [6.07, 6.45) is 1.66. The number of nitrogens with one attached hydrogen (secondary N) is 2. The summed E-state index contributed by atoms with van der Waals surface area (Å²) < 4.78 is 0.873. The number of rotatable bonds is 7. The van der Waals surface area contributed by atoms with E-state index < -0.39 is 11.8 Å². The van der Waals surface area contributed by atoms with E-state index in [0.717, 1.165) is 26.7 Å². The lowest BCUT2D eigenvalue weighted by Crippen LogP contribution is -2.41. The molecule has 2 N–H and O–H groups in total. The highest BCUT2D eigenvalue weighted by atomic mass is 79.9. The van der Waals surface area contributed by atoms with Crippen LogP contribution in [0.5, 0.6) is 0 Å². The standard InChI is InChI=1S/C21H18BrN3O4S/c22-16-8-4-5-14(11-16)12-17-20(28)25(21(29)30-17)10-9-23-18(26)13-24-19(27)15-6-2-1-3-7-15/h1-8,11-12H,9-10,13H2,(H,23,26)(H,24,27)/b17-12-. The normalized spacial score (nSPS) is 14.8. The van der Waals surface area contributed by atoms with Crippen LogP contribution in [-0.4, -0.2) is 47.5 Å². The van der Waals surface area contributed by atoms with E-state index >= 15 is 0 Å². The van der Waals surface area contributed by atoms with E-state index in [0.29, 0.717) is 10.5 Å². The second-order valence-corrected chi connectivity index (χ2v) is 8.20. The predicted molar refractivity (Wildman–Crippen MR) is 119 cm³/mol. The Morgan fingerprint density at radius 2 is 1.80 bits per heavy atom. The Balaban J connectivity index is 1.46. The van der Waals surface area contributed by atoms with Crippen molar-refractivity contribution in [2.24, 2.45) is 0 Å². The number of thioether (sulfide) groups is 1. The van der Waals surface area contributed by atoms with Crippen LogP contribution in [0.25, 0.3) is 6.08 Å². The molecule has 1 fully saturated rings. The number of amides is 4. The molecular formula is C21H18BrN3O4S. The van der Waals surface area contributed by atoms with Crippen molar-refractivity contribution in [1.29, 1.82) is 0 Å². The Morgan fingerprint density at radius 1 is 1.03 bits per heavy atom. The summed E-state index contributed by atoms with van der Waals surface area (Å²) in [5.74, 6) is -1.15. The van der Waals surface area contributed by atoms with Gasteiger partial charge in [0.05, 0.1) is 11.4 Å². The number of carbonyl (C=O) groups is 4. The molecule has 3 rings (SSSR count). The van der Waals surface area contributed by atoms with Gasteiger partial charge in [0.15, 0.2) is 0 Å². The molecule has 4 amide bonds. The van der Waals surface area contributed by atoms with Crippen molar-refractivity contribution in [3.63, 3.8) is 0 Å². The number of halogens is 1. The van der Waals surface area contributed by atoms with Crippen molar-refractivity contribution >= 4 is 56.7 Å². The van der Waals surface area contributed by atoms with E-state index in [9.17, 15) is 19.2 Å². The molecule has 1 heterocycles. The number of nitrogens with zero attached hydrogens (tertiary/aromatic N) is 1. The van der Waals surface area contributed by atoms with Crippen molar-refractivity contribution < 1.29 is 19.2 Å². The fourth-order valence-electron chi connectivity index (χ4n) is 2.66. The molecule has 0 aliphatic carbocycles. The SMILES string of the molecule is O=C(CNC(=O)c1ccccc1)NCCN1C(=O)S/C(=C\c2cccc(Br)c2)C1=O. The number of hydrogen-bond acceptors (Lipinski definition) is 5. The first-order valence-corrected chi connectivity index (χ1v) is 10.7. The van der Waals surface area contributed by atoms with Gasteiger partial charge < -0.3 is 10.6 Å². The maximum absolute atomic E-state index is 12.5. The first kappa shape index (κ1) is 21.8. The van der Waals surface area contributed by atoms with E-state index in [1.54, 1.807) is 36.4 Å². The van der Waals surface area contributed by atoms with Crippen LogP contribution in [0, 0.1) is 0 Å². The predicted octanol–water partition coefficient (Wildman–Crippen LogP) is 3.03. The van der Waals surface area contributed by atoms with Crippen molar-refractivity contribution in [3.8, 4) is 0 Å². The van der Waals surface area contributed by atoms with Crippen LogP contribution in [-0.2, 0) is 9.59 Å². The molecule has 0 radical (unpaired) electrons. The number of imide groups is 1. The number of hydrogen-bond donors (Lipinski definition) is 2. The molecule has 1 aliphatic heterocycles. The third-order valence-corrected chi connectivity index (χ3v) is 5.52. The quantitative estimate of drug-likeness (QED) is 0.585. The molecule has 9 heteroatoms. The van der Waals surface area contributed by atoms with Crippen LogP contribution >= 0.6 is 27.7 Å². The second-order valence-electron chi connectivity index (χ2n) is 6.29. The molecule has 154 valence electrons. The average molecular weight is 488 g/mol. The van der Waals surface area contributed by atoms with Crippen molar-refractivity contribution in [2.75, 3.05) is 19.6 Å². The van der Waals surface area contributed by atoms with Gasteiger partial charge in [0, 0.05) is 23.1 Å². The maximum atomic E-state index is 12.5. The summed E-state index contributed by atoms with van der Waals surface area (Å²) in [5.41, 5.74) is 1.26. The molecule has 0 aromatic heterocycles. The van der Waals surface area contributed by atoms with Gasteiger partial charge in [0.1, 0.15) is 0 Å². The van der Waals surface area contributed by atoms with Gasteiger partial charge in [-0.1, -0.05) is 46.3 Å². The highest BCUT2D eigenvalue weighted by Gasteiger charge is 2.34. The lowest BCUT2D eigenvalue weighted by atomic mass is 10.2. The molecule has 2 aromatic rings. The first-order valence-electron chi connectivity index (χ1n) is 9.05. The Morgan fingerprint density at radius 3 is 2.53 bits per heavy atom. The van der Waals surface area contributed by atoms with Crippen LogP contribution in [0.15, 0.2) is 64.0 Å². The van der Waals surface area contributed by atoms with Gasteiger partial charge in [-0.15, -0.1) is 0 Å². The average Bonchev–Trinajstić information content (AvgIpc) is 3.00. The highest BCUT2D eigenvalue weighted by molar-refractivity contribution is 9.10. The summed E-state index contributed by atoms with van der Waals surface area (Å²) in [4.78, 5) is 49.9. The Bertz CT molecular complexity index is 1010. The summed E-state index contributed by atoms with van der Waals surface area (Å²) in [6.45, 7) is -0.0421. The van der Waals surface area contributed by atoms with Gasteiger partial charge in [-0.05, 0) is 47.7 Å². The lowest BCUT2D eigenvalue weighted by molar-refractivity contribution is -0.124. The van der Waals surface area contributed by atoms with E-state index in [1.807, 2.05) is 24.3 Å². The zero-order valence-electron chi connectivity index (χ0n) is 15.8. The molecule has 7 nitrogen and oxygen atoms in total. The van der Waals surface area contributed by atoms with Gasteiger partial charge in [-0.25, -0.2) is 0 Å². The smallest absolute Gasteiger partial charge is 0.293 e. The van der Waals surface area contributed by atoms with E-state index in [-0.39, 0.29) is 30.8 Å². The van der Waals surface area contributed by atoms with Crippen LogP contribution in [0.1, 0.15) is 15.9 Å². The van der Waals surface area contributed by atoms with Crippen molar-refractivity contribution in [2.45, 2.75) is 0 Å². The van der Waals surface area contributed by atoms with Crippen molar-refractivity contribution in [3.05, 3.63) is 75.1 Å². The summed E-state index contributed by atoms with van der Waals surface area (Å²) >= 11 is 4.23. The Labute approximate surface area is 186 Å². The lowest BCUT2D eigenvalue weighted by Gasteiger charge is -2.13. The Hall–Kier alpha value is -2.91. The molecule has 30 heavy (non-hydrogen) atoms. The monoisotopic (exact) mass is 487 g/mol. The molecule has 2 aromatic carbocycles. The third kappa shape index (κ3) is 5.80. The first-order chi connectivity index (χ1) is 14.4. The zero-order valence-corrected chi connectivity index (χ0v) is 18.2. The van der Waals surface area contributed by atoms with Gasteiger partial charge >= 0.3 is 0 Å². The third-order valence-electron chi connectivity index (χ3n) is 4.12. The fourth-order valence-corrected chi connectivity index (χ4v) is 3.94. The maximum Gasteiger partial charge on any atom is 0.293 e. The molecule has 0 saturated carbocycles. The number of benzene rings is 2. The molecule has 1 aliphatic rings. The van der Waals surface area contributed by atoms with Crippen molar-refractivity contribution in [1.82, 2.24) is 15.5 Å². The minimum Gasteiger partial charge on any atom is -0.353 e. The molecule has 1 saturated heterocycles. The highest BCUT2D eigenvalue weighted by Crippen LogP contribution is 2.32. The van der Waals surface area contributed by atoms with E-state index in [1.165, 1.54) is 0 Å². The molecule has 0 atom stereocenters. The Kier molecular flexibility index (Phi) is 7.42. The van der Waals surface area contributed by atoms with Crippen LogP contribution < -0.4 is 10.6 Å². The minimum atomic E-state index is -0.407. The van der Waals surface area contributed by atoms with Gasteiger partial charge in [-0.2, -0.15) is 0 Å². The number of carbonyl (C=O) groups excluding carboxylic acids is 4. The van der Waals surface area contributed by atoms with Gasteiger partial charge in [0.2, 0.25) is 5.91 Å². The largest absolute Gasteiger partial charge is 0.353 e. The summed E-state index contributed by atoms with van der Waals surface area (Å²) in [6, 6.07) is 15.9.